The largest absolute Gasteiger partial charge is 0.354 e. The molecule has 2 aliphatic heterocycles. The Hall–Kier alpha value is -6.03. The number of hydrogen-bond donors (Lipinski definition) is 2. The van der Waals surface area contributed by atoms with E-state index >= 15 is 0 Å². The Morgan fingerprint density at radius 1 is 0.611 bits per heavy atom. The van der Waals surface area contributed by atoms with Gasteiger partial charge in [-0.3, -0.25) is 20.2 Å². The molecule has 16 nitrogen and oxygen atoms in total. The van der Waals surface area contributed by atoms with Crippen molar-refractivity contribution in [3.8, 4) is 22.5 Å². The zero-order valence-corrected chi connectivity index (χ0v) is 30.0. The average molecular weight is 725 g/mol. The van der Waals surface area contributed by atoms with Crippen LogP contribution < -0.4 is 20.4 Å². The number of piperazine rings is 1. The van der Waals surface area contributed by atoms with Gasteiger partial charge in [-0.15, -0.1) is 10.2 Å². The van der Waals surface area contributed by atoms with Crippen molar-refractivity contribution in [1.82, 2.24) is 49.0 Å². The smallest absolute Gasteiger partial charge is 0.249 e. The van der Waals surface area contributed by atoms with E-state index in [1.54, 1.807) is 21.4 Å². The number of nitrogens with one attached hydrogen (secondary N) is 2. The number of anilines is 4. The van der Waals surface area contributed by atoms with E-state index in [0.29, 0.717) is 37.0 Å². The lowest BCUT2D eigenvalue weighted by atomic mass is 9.83. The van der Waals surface area contributed by atoms with Gasteiger partial charge in [0.15, 0.2) is 11.3 Å². The molecule has 4 fully saturated rings. The molecule has 0 spiro atoms. The van der Waals surface area contributed by atoms with Crippen LogP contribution in [0.3, 0.4) is 0 Å². The van der Waals surface area contributed by atoms with Crippen LogP contribution in [0.4, 0.5) is 23.7 Å². The summed E-state index contributed by atoms with van der Waals surface area (Å²) in [5.41, 5.74) is 2.74. The first-order valence-corrected chi connectivity index (χ1v) is 18.7. The van der Waals surface area contributed by atoms with Gasteiger partial charge < -0.3 is 14.7 Å². The van der Waals surface area contributed by atoms with E-state index in [9.17, 15) is 9.59 Å². The molecule has 0 radical (unpaired) electrons. The quantitative estimate of drug-likeness (QED) is 0.222. The molecule has 54 heavy (non-hydrogen) atoms. The Bertz CT molecular complexity index is 2380. The summed E-state index contributed by atoms with van der Waals surface area (Å²) >= 11 is 0. The fourth-order valence-corrected chi connectivity index (χ4v) is 8.19. The van der Waals surface area contributed by atoms with E-state index in [2.05, 4.69) is 62.5 Å². The topological polar surface area (TPSA) is 167 Å². The lowest BCUT2D eigenvalue weighted by Gasteiger charge is -2.33. The van der Waals surface area contributed by atoms with Crippen LogP contribution in [0.5, 0.6) is 0 Å². The molecular formula is C38H40N14O2. The van der Waals surface area contributed by atoms with Crippen molar-refractivity contribution < 1.29 is 9.59 Å². The number of aromatic nitrogens is 9. The first-order valence-electron chi connectivity index (χ1n) is 18.7. The molecule has 2 amide bonds. The molecule has 0 unspecified atom stereocenters. The van der Waals surface area contributed by atoms with E-state index in [0.717, 1.165) is 86.4 Å². The number of carbonyl (C=O) groups excluding carboxylic acids is 2. The number of amides is 2. The van der Waals surface area contributed by atoms with E-state index in [1.165, 1.54) is 0 Å². The number of fused-ring (bicyclic) bond motifs is 2. The number of nitrogens with zero attached hydrogens (tertiary/aromatic N) is 12. The second-order valence-corrected chi connectivity index (χ2v) is 15.0. The molecule has 16 heteroatoms. The summed E-state index contributed by atoms with van der Waals surface area (Å²) in [5.74, 6) is 1.57. The maximum atomic E-state index is 14.0. The van der Waals surface area contributed by atoms with Crippen LogP contribution in [0, 0.1) is 10.8 Å². The van der Waals surface area contributed by atoms with Crippen LogP contribution in [-0.2, 0) is 9.59 Å². The van der Waals surface area contributed by atoms with Crippen LogP contribution >= 0.6 is 0 Å². The van der Waals surface area contributed by atoms with Gasteiger partial charge in [-0.05, 0) is 82.0 Å². The lowest BCUT2D eigenvalue weighted by molar-refractivity contribution is -0.132. The predicted octanol–water partition coefficient (Wildman–Crippen LogP) is 3.78. The molecule has 274 valence electrons. The van der Waals surface area contributed by atoms with Gasteiger partial charge in [0, 0.05) is 69.0 Å². The molecule has 2 saturated carbocycles. The number of rotatable bonds is 9. The lowest BCUT2D eigenvalue weighted by Crippen LogP contribution is -2.44. The van der Waals surface area contributed by atoms with Gasteiger partial charge in [-0.2, -0.15) is 9.97 Å². The van der Waals surface area contributed by atoms with Gasteiger partial charge in [0.25, 0.3) is 0 Å². The zero-order chi connectivity index (χ0) is 36.4. The monoisotopic (exact) mass is 724 g/mol. The molecule has 4 aliphatic rings. The third-order valence-electron chi connectivity index (χ3n) is 11.6. The summed E-state index contributed by atoms with van der Waals surface area (Å²) in [4.78, 5) is 57.9. The second kappa shape index (κ2) is 12.5. The Morgan fingerprint density at radius 2 is 1.15 bits per heavy atom. The molecule has 0 bridgehead atoms. The number of hydrogen-bond acceptors (Lipinski definition) is 12. The van der Waals surface area contributed by atoms with Crippen molar-refractivity contribution in [2.45, 2.75) is 38.5 Å². The molecular weight excluding hydrogens is 685 g/mol. The van der Waals surface area contributed by atoms with Crippen molar-refractivity contribution in [3.63, 3.8) is 0 Å². The summed E-state index contributed by atoms with van der Waals surface area (Å²) in [6.07, 6.45) is 10.2. The molecule has 8 heterocycles. The fourth-order valence-electron chi connectivity index (χ4n) is 8.19. The van der Waals surface area contributed by atoms with E-state index < -0.39 is 10.8 Å². The maximum absolute atomic E-state index is 14.0. The van der Waals surface area contributed by atoms with Gasteiger partial charge in [0.1, 0.15) is 5.82 Å². The first kappa shape index (κ1) is 32.6. The van der Waals surface area contributed by atoms with Crippen molar-refractivity contribution >= 4 is 46.8 Å². The third-order valence-corrected chi connectivity index (χ3v) is 11.6. The highest BCUT2D eigenvalue weighted by Crippen LogP contribution is 2.71. The normalized spacial score (nSPS) is 19.0. The van der Waals surface area contributed by atoms with Gasteiger partial charge in [-0.25, -0.2) is 24.0 Å². The highest BCUT2D eigenvalue weighted by Gasteiger charge is 2.73. The second-order valence-electron chi connectivity index (χ2n) is 15.0. The summed E-state index contributed by atoms with van der Waals surface area (Å²) in [7, 11) is 2.14. The van der Waals surface area contributed by atoms with Crippen LogP contribution in [0.15, 0.2) is 67.1 Å². The van der Waals surface area contributed by atoms with Gasteiger partial charge in [0.05, 0.1) is 22.2 Å². The summed E-state index contributed by atoms with van der Waals surface area (Å²) in [6.45, 7) is 5.84. The van der Waals surface area contributed by atoms with Crippen LogP contribution in [0.25, 0.3) is 33.8 Å². The summed E-state index contributed by atoms with van der Waals surface area (Å²) in [6, 6.07) is 15.5. The molecule has 2 aliphatic carbocycles. The van der Waals surface area contributed by atoms with Crippen molar-refractivity contribution in [1.29, 1.82) is 0 Å². The SMILES string of the molecule is CN1CCN(c2ccc(-c3cccc4nc(NC(=O)C5(C6(C(=O)Nc7nc8cccc(-c9cnc(N%10CCCC%10)nc9)n8n7)CC6)CC5)nn34)cn2)CC1. The van der Waals surface area contributed by atoms with Crippen molar-refractivity contribution in [2.24, 2.45) is 10.8 Å². The molecule has 10 rings (SSSR count). The Balaban J connectivity index is 0.844. The van der Waals surface area contributed by atoms with Crippen molar-refractivity contribution in [3.05, 3.63) is 67.1 Å². The fraction of sp³-hybridized carbons (Fsp3) is 0.395. The van der Waals surface area contributed by atoms with Crippen LogP contribution in [-0.4, -0.2) is 107 Å². The van der Waals surface area contributed by atoms with E-state index in [1.807, 2.05) is 54.7 Å². The van der Waals surface area contributed by atoms with Gasteiger partial charge >= 0.3 is 0 Å². The molecule has 0 aromatic carbocycles. The number of pyridine rings is 3. The Kier molecular flexibility index (Phi) is 7.57. The molecule has 6 aromatic rings. The number of likely N-dealkylation sites (N-methyl/N-ethyl adjacent to an activating group) is 1. The highest BCUT2D eigenvalue weighted by atomic mass is 16.2. The standard InChI is InChI=1S/C38H40N14O2/c1-48-18-20-49(21-19-48)29-11-10-25(22-39-29)27-6-4-8-30-42-34(46-51(27)30)44-32(53)37(12-13-37)38(14-15-38)33(54)45-35-43-31-9-5-7-28(52(31)47-35)26-23-40-36(41-24-26)50-16-2-3-17-50/h4-11,22-24H,2-3,12-21H2,1H3,(H,44,46,53)(H,45,47,54). The molecule has 2 saturated heterocycles. The first-order chi connectivity index (χ1) is 26.4. The van der Waals surface area contributed by atoms with E-state index in [4.69, 9.17) is 4.98 Å². The third kappa shape index (κ3) is 5.50. The predicted molar refractivity (Wildman–Crippen MR) is 202 cm³/mol. The van der Waals surface area contributed by atoms with E-state index in [-0.39, 0.29) is 23.7 Å². The summed E-state index contributed by atoms with van der Waals surface area (Å²) in [5, 5.41) is 15.2. The summed E-state index contributed by atoms with van der Waals surface area (Å²) < 4.78 is 3.41. The van der Waals surface area contributed by atoms with Gasteiger partial charge in [0.2, 0.25) is 29.7 Å². The Labute approximate surface area is 310 Å². The Morgan fingerprint density at radius 3 is 1.67 bits per heavy atom. The van der Waals surface area contributed by atoms with Gasteiger partial charge in [-0.1, -0.05) is 12.1 Å². The number of carbonyl (C=O) groups is 2. The minimum absolute atomic E-state index is 0.185. The minimum Gasteiger partial charge on any atom is -0.354 e. The van der Waals surface area contributed by atoms with Crippen molar-refractivity contribution in [2.75, 3.05) is 66.7 Å². The maximum Gasteiger partial charge on any atom is 0.249 e. The van der Waals surface area contributed by atoms with Crippen LogP contribution in [0.1, 0.15) is 38.5 Å². The van der Waals surface area contributed by atoms with Crippen LogP contribution in [0.2, 0.25) is 0 Å². The zero-order valence-electron chi connectivity index (χ0n) is 30.0. The average Bonchev–Trinajstić information content (AvgIpc) is 4.02. The minimum atomic E-state index is -0.849. The highest BCUT2D eigenvalue weighted by molar-refractivity contribution is 6.06. The molecule has 2 N–H and O–H groups in total. The molecule has 0 atom stereocenters. The molecule has 6 aromatic heterocycles.